The molecule has 1 fully saturated rings. The lowest BCUT2D eigenvalue weighted by Gasteiger charge is -2.28. The maximum Gasteiger partial charge on any atom is 0.240 e. The zero-order valence-electron chi connectivity index (χ0n) is 13.0. The molecular weight excluding hydrogens is 324 g/mol. The van der Waals surface area contributed by atoms with Gasteiger partial charge in [0.25, 0.3) is 0 Å². The van der Waals surface area contributed by atoms with E-state index in [9.17, 15) is 8.42 Å². The Balaban J connectivity index is 0.00000242. The molecule has 2 N–H and O–H groups in total. The fourth-order valence-corrected chi connectivity index (χ4v) is 3.96. The highest BCUT2D eigenvalue weighted by Crippen LogP contribution is 2.20. The van der Waals surface area contributed by atoms with E-state index < -0.39 is 10.0 Å². The molecule has 7 heteroatoms. The van der Waals surface area contributed by atoms with E-state index >= 15 is 0 Å². The molecular formula is C15H25ClN2O3S. The van der Waals surface area contributed by atoms with Crippen LogP contribution in [0, 0.1) is 5.92 Å². The van der Waals surface area contributed by atoms with Crippen molar-refractivity contribution < 1.29 is 13.2 Å². The highest BCUT2D eigenvalue weighted by atomic mass is 35.5. The van der Waals surface area contributed by atoms with Crippen LogP contribution < -0.4 is 14.8 Å². The minimum atomic E-state index is -3.51. The molecule has 1 aromatic rings. The van der Waals surface area contributed by atoms with Gasteiger partial charge < -0.3 is 10.1 Å². The molecule has 0 amide bonds. The van der Waals surface area contributed by atoms with Gasteiger partial charge in [-0.2, -0.15) is 0 Å². The van der Waals surface area contributed by atoms with Crippen LogP contribution in [0.25, 0.3) is 0 Å². The molecule has 1 aliphatic heterocycles. The Hall–Kier alpha value is -0.820. The summed E-state index contributed by atoms with van der Waals surface area (Å²) in [7, 11) is -3.51. The second-order valence-electron chi connectivity index (χ2n) is 5.42. The van der Waals surface area contributed by atoms with Gasteiger partial charge in [-0.15, -0.1) is 12.4 Å². The standard InChI is InChI=1S/C15H24N2O3S.ClH/c1-3-20-14-7-4-8-15(10-14)21(18,19)17-12(2)13-6-5-9-16-11-13;/h4,7-8,10,12-13,16-17H,3,5-6,9,11H2,1-2H3;1H. The molecule has 0 radical (unpaired) electrons. The van der Waals surface area contributed by atoms with E-state index in [0.717, 1.165) is 25.9 Å². The molecule has 2 rings (SSSR count). The smallest absolute Gasteiger partial charge is 0.240 e. The summed E-state index contributed by atoms with van der Waals surface area (Å²) in [6.07, 6.45) is 2.15. The van der Waals surface area contributed by atoms with Crippen molar-refractivity contribution in [1.29, 1.82) is 0 Å². The van der Waals surface area contributed by atoms with Crippen molar-refractivity contribution in [1.82, 2.24) is 10.0 Å². The minimum Gasteiger partial charge on any atom is -0.494 e. The summed E-state index contributed by atoms with van der Waals surface area (Å²) in [4.78, 5) is 0.254. The molecule has 1 heterocycles. The molecule has 126 valence electrons. The van der Waals surface area contributed by atoms with Gasteiger partial charge in [0.2, 0.25) is 10.0 Å². The lowest BCUT2D eigenvalue weighted by atomic mass is 9.94. The topological polar surface area (TPSA) is 67.4 Å². The average Bonchev–Trinajstić information content (AvgIpc) is 2.48. The zero-order valence-corrected chi connectivity index (χ0v) is 14.7. The van der Waals surface area contributed by atoms with Crippen molar-refractivity contribution in [2.75, 3.05) is 19.7 Å². The van der Waals surface area contributed by atoms with Crippen molar-refractivity contribution in [3.05, 3.63) is 24.3 Å². The third kappa shape index (κ3) is 5.12. The van der Waals surface area contributed by atoms with Crippen LogP contribution in [0.1, 0.15) is 26.7 Å². The van der Waals surface area contributed by atoms with E-state index in [-0.39, 0.29) is 23.3 Å². The normalized spacial score (nSPS) is 20.0. The maximum absolute atomic E-state index is 12.5. The Morgan fingerprint density at radius 2 is 2.23 bits per heavy atom. The van der Waals surface area contributed by atoms with Gasteiger partial charge in [0.15, 0.2) is 0 Å². The summed E-state index contributed by atoms with van der Waals surface area (Å²) in [6, 6.07) is 6.54. The van der Waals surface area contributed by atoms with Gasteiger partial charge >= 0.3 is 0 Å². The number of ether oxygens (including phenoxy) is 1. The van der Waals surface area contributed by atoms with E-state index in [1.54, 1.807) is 24.3 Å². The first-order valence-corrected chi connectivity index (χ1v) is 8.97. The van der Waals surface area contributed by atoms with E-state index in [2.05, 4.69) is 10.0 Å². The largest absolute Gasteiger partial charge is 0.494 e. The summed E-state index contributed by atoms with van der Waals surface area (Å²) < 4.78 is 33.1. The summed E-state index contributed by atoms with van der Waals surface area (Å²) in [5.74, 6) is 0.913. The Kier molecular flexibility index (Phi) is 7.62. The highest BCUT2D eigenvalue weighted by Gasteiger charge is 2.25. The molecule has 0 bridgehead atoms. The SMILES string of the molecule is CCOc1cccc(S(=O)(=O)NC(C)C2CCCNC2)c1.Cl. The lowest BCUT2D eigenvalue weighted by Crippen LogP contribution is -2.44. The molecule has 2 unspecified atom stereocenters. The number of hydrogen-bond acceptors (Lipinski definition) is 4. The molecule has 0 aromatic heterocycles. The number of nitrogens with one attached hydrogen (secondary N) is 2. The van der Waals surface area contributed by atoms with Gasteiger partial charge in [-0.05, 0) is 57.8 Å². The first-order valence-electron chi connectivity index (χ1n) is 7.49. The van der Waals surface area contributed by atoms with E-state index in [1.807, 2.05) is 13.8 Å². The fraction of sp³-hybridized carbons (Fsp3) is 0.600. The van der Waals surface area contributed by atoms with Gasteiger partial charge in [-0.25, -0.2) is 13.1 Å². The van der Waals surface area contributed by atoms with E-state index in [1.165, 1.54) is 0 Å². The summed E-state index contributed by atoms with van der Waals surface area (Å²) in [5.41, 5.74) is 0. The highest BCUT2D eigenvalue weighted by molar-refractivity contribution is 7.89. The summed E-state index contributed by atoms with van der Waals surface area (Å²) in [6.45, 7) is 6.20. The van der Waals surface area contributed by atoms with Crippen molar-refractivity contribution in [2.45, 2.75) is 37.6 Å². The molecule has 1 saturated heterocycles. The molecule has 2 atom stereocenters. The van der Waals surface area contributed by atoms with Crippen LogP contribution >= 0.6 is 12.4 Å². The van der Waals surface area contributed by atoms with E-state index in [0.29, 0.717) is 18.3 Å². The van der Waals surface area contributed by atoms with Crippen LogP contribution in [0.2, 0.25) is 0 Å². The predicted molar refractivity (Wildman–Crippen MR) is 90.2 cm³/mol. The number of benzene rings is 1. The van der Waals surface area contributed by atoms with Crippen LogP contribution in [-0.2, 0) is 10.0 Å². The summed E-state index contributed by atoms with van der Waals surface area (Å²) in [5, 5.41) is 3.31. The Morgan fingerprint density at radius 1 is 1.45 bits per heavy atom. The molecule has 0 spiro atoms. The molecule has 1 aromatic carbocycles. The quantitative estimate of drug-likeness (QED) is 0.826. The van der Waals surface area contributed by atoms with Crippen molar-refractivity contribution in [3.8, 4) is 5.75 Å². The van der Waals surface area contributed by atoms with Crippen LogP contribution in [0.15, 0.2) is 29.2 Å². The third-order valence-electron chi connectivity index (χ3n) is 3.81. The number of hydrogen-bond donors (Lipinski definition) is 2. The van der Waals surface area contributed by atoms with Crippen LogP contribution in [0.5, 0.6) is 5.75 Å². The van der Waals surface area contributed by atoms with Crippen LogP contribution in [0.3, 0.4) is 0 Å². The first-order chi connectivity index (χ1) is 10.0. The Labute approximate surface area is 139 Å². The van der Waals surface area contributed by atoms with Crippen molar-refractivity contribution in [2.24, 2.45) is 5.92 Å². The molecule has 0 saturated carbocycles. The molecule has 0 aliphatic carbocycles. The third-order valence-corrected chi connectivity index (χ3v) is 5.37. The zero-order chi connectivity index (χ0) is 15.3. The second-order valence-corrected chi connectivity index (χ2v) is 7.14. The minimum absolute atomic E-state index is 0. The monoisotopic (exact) mass is 348 g/mol. The van der Waals surface area contributed by atoms with Crippen LogP contribution in [0.4, 0.5) is 0 Å². The Bertz CT molecular complexity index is 560. The average molecular weight is 349 g/mol. The molecule has 1 aliphatic rings. The number of rotatable bonds is 6. The fourth-order valence-electron chi connectivity index (χ4n) is 2.61. The number of piperidine rings is 1. The van der Waals surface area contributed by atoms with Crippen molar-refractivity contribution in [3.63, 3.8) is 0 Å². The first kappa shape index (κ1) is 19.2. The van der Waals surface area contributed by atoms with Gasteiger partial charge in [-0.3, -0.25) is 0 Å². The molecule has 22 heavy (non-hydrogen) atoms. The van der Waals surface area contributed by atoms with Crippen molar-refractivity contribution >= 4 is 22.4 Å². The lowest BCUT2D eigenvalue weighted by molar-refractivity contribution is 0.320. The maximum atomic E-state index is 12.5. The van der Waals surface area contributed by atoms with E-state index in [4.69, 9.17) is 4.74 Å². The van der Waals surface area contributed by atoms with Gasteiger partial charge in [-0.1, -0.05) is 6.07 Å². The predicted octanol–water partition coefficient (Wildman–Crippen LogP) is 2.17. The summed E-state index contributed by atoms with van der Waals surface area (Å²) >= 11 is 0. The van der Waals surface area contributed by atoms with Crippen LogP contribution in [-0.4, -0.2) is 34.2 Å². The molecule has 5 nitrogen and oxygen atoms in total. The Morgan fingerprint density at radius 3 is 2.86 bits per heavy atom. The van der Waals surface area contributed by atoms with Gasteiger partial charge in [0.1, 0.15) is 5.75 Å². The number of sulfonamides is 1. The second kappa shape index (κ2) is 8.72. The van der Waals surface area contributed by atoms with Gasteiger partial charge in [0, 0.05) is 12.1 Å². The number of halogens is 1. The van der Waals surface area contributed by atoms with Gasteiger partial charge in [0.05, 0.1) is 11.5 Å².